The molecule has 0 unspecified atom stereocenters. The van der Waals surface area contributed by atoms with Crippen molar-refractivity contribution in [3.05, 3.63) is 18.3 Å². The molecule has 0 radical (unpaired) electrons. The number of carbonyl (C=O) groups is 1. The SMILES string of the molecule is CCC(CC)(CN)C(=O)N(C)C1CCN(c2cccnn2)CC1.Cl.Cl. The molecule has 1 aliphatic rings. The quantitative estimate of drug-likeness (QED) is 0.805. The van der Waals surface area contributed by atoms with E-state index in [1.165, 1.54) is 0 Å². The van der Waals surface area contributed by atoms with Crippen LogP contribution in [0.1, 0.15) is 39.5 Å². The van der Waals surface area contributed by atoms with Crippen molar-refractivity contribution in [1.29, 1.82) is 0 Å². The van der Waals surface area contributed by atoms with Crippen LogP contribution in [-0.2, 0) is 4.79 Å². The second-order valence-electron chi connectivity index (χ2n) is 6.41. The van der Waals surface area contributed by atoms with Crippen LogP contribution in [0.25, 0.3) is 0 Å². The molecule has 144 valence electrons. The Labute approximate surface area is 163 Å². The second-order valence-corrected chi connectivity index (χ2v) is 6.41. The monoisotopic (exact) mass is 391 g/mol. The van der Waals surface area contributed by atoms with Gasteiger partial charge in [-0.25, -0.2) is 0 Å². The van der Waals surface area contributed by atoms with Gasteiger partial charge in [0, 0.05) is 38.9 Å². The molecule has 1 aliphatic heterocycles. The summed E-state index contributed by atoms with van der Waals surface area (Å²) in [6.07, 6.45) is 5.17. The Kier molecular flexibility index (Phi) is 10.3. The Morgan fingerprint density at radius 2 is 1.92 bits per heavy atom. The van der Waals surface area contributed by atoms with Crippen molar-refractivity contribution < 1.29 is 4.79 Å². The smallest absolute Gasteiger partial charge is 0.230 e. The highest BCUT2D eigenvalue weighted by Crippen LogP contribution is 2.30. The van der Waals surface area contributed by atoms with E-state index in [0.717, 1.165) is 44.6 Å². The van der Waals surface area contributed by atoms with Crippen LogP contribution in [0.15, 0.2) is 18.3 Å². The van der Waals surface area contributed by atoms with Gasteiger partial charge in [-0.3, -0.25) is 4.79 Å². The number of hydrogen-bond donors (Lipinski definition) is 1. The molecule has 0 spiro atoms. The summed E-state index contributed by atoms with van der Waals surface area (Å²) in [7, 11) is 1.93. The van der Waals surface area contributed by atoms with Gasteiger partial charge in [-0.1, -0.05) is 13.8 Å². The molecular weight excluding hydrogens is 361 g/mol. The van der Waals surface area contributed by atoms with E-state index in [1.807, 2.05) is 24.1 Å². The largest absolute Gasteiger partial charge is 0.355 e. The van der Waals surface area contributed by atoms with E-state index in [-0.39, 0.29) is 36.8 Å². The highest BCUT2D eigenvalue weighted by Gasteiger charge is 2.38. The molecule has 1 saturated heterocycles. The van der Waals surface area contributed by atoms with Crippen LogP contribution in [-0.4, -0.2) is 53.7 Å². The Balaban J connectivity index is 0.00000288. The zero-order valence-electron chi connectivity index (χ0n) is 15.4. The van der Waals surface area contributed by atoms with Crippen LogP contribution in [0.4, 0.5) is 5.82 Å². The van der Waals surface area contributed by atoms with Gasteiger partial charge < -0.3 is 15.5 Å². The number of amides is 1. The van der Waals surface area contributed by atoms with Gasteiger partial charge in [-0.15, -0.1) is 29.9 Å². The van der Waals surface area contributed by atoms with E-state index in [0.29, 0.717) is 6.54 Å². The van der Waals surface area contributed by atoms with E-state index in [1.54, 1.807) is 6.20 Å². The van der Waals surface area contributed by atoms with Gasteiger partial charge in [-0.05, 0) is 37.8 Å². The standard InChI is InChI=1S/C17H29N5O.2ClH/c1-4-17(5-2,13-18)16(23)21(3)14-8-11-22(12-9-14)15-7-6-10-19-20-15;;/h6-7,10,14H,4-5,8-9,11-13,18H2,1-3H3;2*1H. The summed E-state index contributed by atoms with van der Waals surface area (Å²) in [5.41, 5.74) is 5.52. The molecule has 0 aliphatic carbocycles. The van der Waals surface area contributed by atoms with Gasteiger partial charge in [0.1, 0.15) is 0 Å². The molecule has 6 nitrogen and oxygen atoms in total. The summed E-state index contributed by atoms with van der Waals surface area (Å²) in [4.78, 5) is 17.1. The third-order valence-electron chi connectivity index (χ3n) is 5.41. The maximum atomic E-state index is 12.9. The number of piperidine rings is 1. The summed E-state index contributed by atoms with van der Waals surface area (Å²) in [6, 6.07) is 4.16. The first kappa shape index (κ1) is 23.9. The molecule has 0 bridgehead atoms. The van der Waals surface area contributed by atoms with E-state index in [9.17, 15) is 4.79 Å². The molecule has 1 aromatic rings. The lowest BCUT2D eigenvalue weighted by Gasteiger charge is -2.41. The average molecular weight is 392 g/mol. The van der Waals surface area contributed by atoms with Crippen LogP contribution >= 0.6 is 24.8 Å². The van der Waals surface area contributed by atoms with Gasteiger partial charge >= 0.3 is 0 Å². The molecule has 1 fully saturated rings. The van der Waals surface area contributed by atoms with Gasteiger partial charge in [-0.2, -0.15) is 5.10 Å². The summed E-state index contributed by atoms with van der Waals surface area (Å²) in [6.45, 7) is 6.32. The minimum atomic E-state index is -0.406. The van der Waals surface area contributed by atoms with Gasteiger partial charge in [0.25, 0.3) is 0 Å². The van der Waals surface area contributed by atoms with Crippen LogP contribution in [0.5, 0.6) is 0 Å². The van der Waals surface area contributed by atoms with E-state index >= 15 is 0 Å². The minimum absolute atomic E-state index is 0. The number of carbonyl (C=O) groups excluding carboxylic acids is 1. The fraction of sp³-hybridized carbons (Fsp3) is 0.706. The van der Waals surface area contributed by atoms with Crippen molar-refractivity contribution in [2.24, 2.45) is 11.1 Å². The zero-order chi connectivity index (χ0) is 16.9. The highest BCUT2D eigenvalue weighted by atomic mass is 35.5. The summed E-state index contributed by atoms with van der Waals surface area (Å²) in [5.74, 6) is 1.11. The molecule has 0 aromatic carbocycles. The Hall–Kier alpha value is -1.11. The highest BCUT2D eigenvalue weighted by molar-refractivity contribution is 5.85. The van der Waals surface area contributed by atoms with E-state index < -0.39 is 5.41 Å². The molecule has 0 atom stereocenters. The maximum Gasteiger partial charge on any atom is 0.230 e. The Morgan fingerprint density at radius 1 is 1.32 bits per heavy atom. The number of rotatable bonds is 6. The Morgan fingerprint density at radius 3 is 2.36 bits per heavy atom. The first-order valence-corrected chi connectivity index (χ1v) is 8.58. The third-order valence-corrected chi connectivity index (χ3v) is 5.41. The predicted molar refractivity (Wildman–Crippen MR) is 107 cm³/mol. The first-order valence-electron chi connectivity index (χ1n) is 8.58. The molecular formula is C17H31Cl2N5O. The molecule has 2 rings (SSSR count). The topological polar surface area (TPSA) is 75.4 Å². The number of anilines is 1. The lowest BCUT2D eigenvalue weighted by atomic mass is 9.80. The molecule has 0 saturated carbocycles. The summed E-state index contributed by atoms with van der Waals surface area (Å²) < 4.78 is 0. The predicted octanol–water partition coefficient (Wildman–Crippen LogP) is 2.51. The van der Waals surface area contributed by atoms with Gasteiger partial charge in [0.15, 0.2) is 5.82 Å². The molecule has 1 aromatic heterocycles. The lowest BCUT2D eigenvalue weighted by Crippen LogP contribution is -2.52. The molecule has 8 heteroatoms. The lowest BCUT2D eigenvalue weighted by molar-refractivity contribution is -0.143. The number of aromatic nitrogens is 2. The second kappa shape index (κ2) is 10.8. The number of nitrogens with zero attached hydrogens (tertiary/aromatic N) is 4. The average Bonchev–Trinajstić information content (AvgIpc) is 2.64. The zero-order valence-corrected chi connectivity index (χ0v) is 17.0. The van der Waals surface area contributed by atoms with E-state index in [4.69, 9.17) is 5.73 Å². The van der Waals surface area contributed by atoms with Gasteiger partial charge in [0.05, 0.1) is 5.41 Å². The minimum Gasteiger partial charge on any atom is -0.355 e. The fourth-order valence-corrected chi connectivity index (χ4v) is 3.41. The third kappa shape index (κ3) is 5.19. The normalized spacial score (nSPS) is 15.1. The van der Waals surface area contributed by atoms with Crippen LogP contribution in [0.2, 0.25) is 0 Å². The molecule has 25 heavy (non-hydrogen) atoms. The van der Waals surface area contributed by atoms with E-state index in [2.05, 4.69) is 28.9 Å². The number of hydrogen-bond acceptors (Lipinski definition) is 5. The van der Waals surface area contributed by atoms with Crippen LogP contribution in [0.3, 0.4) is 0 Å². The number of nitrogens with two attached hydrogens (primary N) is 1. The van der Waals surface area contributed by atoms with Crippen molar-refractivity contribution in [1.82, 2.24) is 15.1 Å². The van der Waals surface area contributed by atoms with Crippen molar-refractivity contribution >= 4 is 36.5 Å². The van der Waals surface area contributed by atoms with Crippen LogP contribution in [0, 0.1) is 5.41 Å². The summed E-state index contributed by atoms with van der Waals surface area (Å²) in [5, 5.41) is 8.10. The maximum absolute atomic E-state index is 12.9. The Bertz CT molecular complexity index is 497. The van der Waals surface area contributed by atoms with Crippen molar-refractivity contribution in [3.63, 3.8) is 0 Å². The molecule has 1 amide bonds. The molecule has 2 heterocycles. The van der Waals surface area contributed by atoms with Crippen LogP contribution < -0.4 is 10.6 Å². The molecule has 2 N–H and O–H groups in total. The fourth-order valence-electron chi connectivity index (χ4n) is 3.41. The van der Waals surface area contributed by atoms with Gasteiger partial charge in [0.2, 0.25) is 5.91 Å². The summed E-state index contributed by atoms with van der Waals surface area (Å²) >= 11 is 0. The van der Waals surface area contributed by atoms with Crippen molar-refractivity contribution in [3.8, 4) is 0 Å². The number of halogens is 2. The van der Waals surface area contributed by atoms with Crippen molar-refractivity contribution in [2.75, 3.05) is 31.6 Å². The first-order chi connectivity index (χ1) is 11.1. The van der Waals surface area contributed by atoms with Crippen molar-refractivity contribution in [2.45, 2.75) is 45.6 Å².